The SMILES string of the molecule is O=C1N=C2C=NN=C2c2ccccc21. The number of carbonyl (C=O) groups is 1. The minimum absolute atomic E-state index is 0.220. The third kappa shape index (κ3) is 0.821. The van der Waals surface area contributed by atoms with E-state index in [1.54, 1.807) is 6.07 Å². The number of fused-ring (bicyclic) bond motifs is 3. The molecular weight excluding hydrogens is 178 g/mol. The molecule has 1 aromatic rings. The third-order valence-electron chi connectivity index (χ3n) is 2.21. The molecule has 0 unspecified atom stereocenters. The van der Waals surface area contributed by atoms with E-state index in [4.69, 9.17) is 0 Å². The van der Waals surface area contributed by atoms with Gasteiger partial charge in [-0.05, 0) is 6.07 Å². The van der Waals surface area contributed by atoms with Gasteiger partial charge in [0.15, 0.2) is 0 Å². The number of hydrogen-bond donors (Lipinski definition) is 0. The molecule has 0 N–H and O–H groups in total. The quantitative estimate of drug-likeness (QED) is 0.593. The van der Waals surface area contributed by atoms with Crippen LogP contribution in [-0.2, 0) is 0 Å². The fourth-order valence-corrected chi connectivity index (χ4v) is 1.57. The molecule has 1 aromatic carbocycles. The molecule has 0 saturated heterocycles. The summed E-state index contributed by atoms with van der Waals surface area (Å²) >= 11 is 0. The van der Waals surface area contributed by atoms with Crippen molar-refractivity contribution in [3.63, 3.8) is 0 Å². The Kier molecular flexibility index (Phi) is 1.28. The minimum Gasteiger partial charge on any atom is -0.267 e. The third-order valence-corrected chi connectivity index (χ3v) is 2.21. The van der Waals surface area contributed by atoms with Crippen LogP contribution in [0.4, 0.5) is 0 Å². The van der Waals surface area contributed by atoms with E-state index < -0.39 is 0 Å². The second-order valence-corrected chi connectivity index (χ2v) is 3.04. The van der Waals surface area contributed by atoms with Crippen LogP contribution in [0.2, 0.25) is 0 Å². The van der Waals surface area contributed by atoms with Gasteiger partial charge >= 0.3 is 0 Å². The molecule has 2 aliphatic heterocycles. The van der Waals surface area contributed by atoms with E-state index in [-0.39, 0.29) is 5.91 Å². The standard InChI is InChI=1S/C10H5N3O/c14-10-7-4-2-1-3-6(7)9-8(12-10)5-11-13-9/h1-5H. The largest absolute Gasteiger partial charge is 0.278 e. The first-order valence-electron chi connectivity index (χ1n) is 4.20. The summed E-state index contributed by atoms with van der Waals surface area (Å²) in [6, 6.07) is 7.29. The van der Waals surface area contributed by atoms with Gasteiger partial charge in [0.1, 0.15) is 11.4 Å². The molecule has 14 heavy (non-hydrogen) atoms. The van der Waals surface area contributed by atoms with Crippen LogP contribution in [0.1, 0.15) is 15.9 Å². The second kappa shape index (κ2) is 2.45. The van der Waals surface area contributed by atoms with Gasteiger partial charge in [-0.25, -0.2) is 4.99 Å². The second-order valence-electron chi connectivity index (χ2n) is 3.04. The van der Waals surface area contributed by atoms with Gasteiger partial charge in [0, 0.05) is 5.56 Å². The van der Waals surface area contributed by atoms with Crippen molar-refractivity contribution in [2.45, 2.75) is 0 Å². The Morgan fingerprint density at radius 2 is 1.86 bits per heavy atom. The van der Waals surface area contributed by atoms with E-state index in [0.29, 0.717) is 17.0 Å². The zero-order valence-corrected chi connectivity index (χ0v) is 7.14. The average Bonchev–Trinajstić information content (AvgIpc) is 2.66. The molecule has 0 atom stereocenters. The zero-order chi connectivity index (χ0) is 9.54. The summed E-state index contributed by atoms with van der Waals surface area (Å²) in [5.41, 5.74) is 2.68. The van der Waals surface area contributed by atoms with E-state index in [2.05, 4.69) is 15.2 Å². The van der Waals surface area contributed by atoms with Crippen LogP contribution in [0.25, 0.3) is 0 Å². The topological polar surface area (TPSA) is 54.1 Å². The van der Waals surface area contributed by atoms with E-state index in [9.17, 15) is 4.79 Å². The summed E-state index contributed by atoms with van der Waals surface area (Å²) < 4.78 is 0. The molecule has 0 saturated carbocycles. The lowest BCUT2D eigenvalue weighted by molar-refractivity contribution is 0.100. The lowest BCUT2D eigenvalue weighted by atomic mass is 9.97. The summed E-state index contributed by atoms with van der Waals surface area (Å²) in [6.07, 6.45) is 1.50. The number of hydrogen-bond acceptors (Lipinski definition) is 3. The summed E-state index contributed by atoms with van der Waals surface area (Å²) in [4.78, 5) is 15.4. The van der Waals surface area contributed by atoms with Crippen LogP contribution in [0.5, 0.6) is 0 Å². The highest BCUT2D eigenvalue weighted by atomic mass is 16.1. The van der Waals surface area contributed by atoms with Crippen molar-refractivity contribution in [1.82, 2.24) is 0 Å². The van der Waals surface area contributed by atoms with Gasteiger partial charge in [-0.1, -0.05) is 18.2 Å². The Morgan fingerprint density at radius 3 is 2.71 bits per heavy atom. The molecule has 0 aliphatic carbocycles. The molecule has 0 spiro atoms. The summed E-state index contributed by atoms with van der Waals surface area (Å²) in [6.45, 7) is 0. The maximum Gasteiger partial charge on any atom is 0.278 e. The smallest absolute Gasteiger partial charge is 0.267 e. The van der Waals surface area contributed by atoms with Crippen molar-refractivity contribution >= 4 is 23.5 Å². The maximum absolute atomic E-state index is 11.5. The van der Waals surface area contributed by atoms with E-state index >= 15 is 0 Å². The number of aliphatic imine (C=N–C) groups is 1. The molecule has 4 nitrogen and oxygen atoms in total. The van der Waals surface area contributed by atoms with Crippen LogP contribution < -0.4 is 0 Å². The molecule has 4 heteroatoms. The molecule has 66 valence electrons. The molecule has 2 aliphatic rings. The molecule has 0 radical (unpaired) electrons. The van der Waals surface area contributed by atoms with Gasteiger partial charge in [-0.15, -0.1) is 5.10 Å². The van der Waals surface area contributed by atoms with Crippen molar-refractivity contribution in [3.05, 3.63) is 35.4 Å². The molecule has 0 fully saturated rings. The highest BCUT2D eigenvalue weighted by molar-refractivity contribution is 6.70. The van der Waals surface area contributed by atoms with Crippen molar-refractivity contribution in [2.75, 3.05) is 0 Å². The number of nitrogens with zero attached hydrogens (tertiary/aromatic N) is 3. The van der Waals surface area contributed by atoms with E-state index in [0.717, 1.165) is 5.56 Å². The average molecular weight is 183 g/mol. The normalized spacial score (nSPS) is 17.3. The Labute approximate surface area is 79.7 Å². The number of benzene rings is 1. The predicted molar refractivity (Wildman–Crippen MR) is 53.2 cm³/mol. The number of amides is 1. The highest BCUT2D eigenvalue weighted by Gasteiger charge is 2.26. The molecule has 0 aromatic heterocycles. The lowest BCUT2D eigenvalue weighted by Gasteiger charge is -2.10. The molecule has 2 heterocycles. The molecule has 0 bridgehead atoms. The van der Waals surface area contributed by atoms with Crippen molar-refractivity contribution in [3.8, 4) is 0 Å². The summed E-state index contributed by atoms with van der Waals surface area (Å²) in [5, 5.41) is 7.68. The van der Waals surface area contributed by atoms with E-state index in [1.807, 2.05) is 18.2 Å². The monoisotopic (exact) mass is 183 g/mol. The number of carbonyl (C=O) groups excluding carboxylic acids is 1. The zero-order valence-electron chi connectivity index (χ0n) is 7.14. The Morgan fingerprint density at radius 1 is 1.07 bits per heavy atom. The Balaban J connectivity index is 2.33. The van der Waals surface area contributed by atoms with Crippen LogP contribution in [0, 0.1) is 0 Å². The Hall–Kier alpha value is -2.10. The number of rotatable bonds is 0. The fraction of sp³-hybridized carbons (Fsp3) is 0. The first-order chi connectivity index (χ1) is 6.86. The van der Waals surface area contributed by atoms with Crippen LogP contribution in [0.15, 0.2) is 39.5 Å². The van der Waals surface area contributed by atoms with Crippen LogP contribution >= 0.6 is 0 Å². The summed E-state index contributed by atoms with van der Waals surface area (Å²) in [5.74, 6) is -0.220. The first-order valence-corrected chi connectivity index (χ1v) is 4.20. The molecular formula is C10H5N3O. The molecule has 1 amide bonds. The Bertz CT molecular complexity index is 526. The first kappa shape index (κ1) is 7.32. The van der Waals surface area contributed by atoms with Crippen LogP contribution in [-0.4, -0.2) is 23.5 Å². The van der Waals surface area contributed by atoms with Gasteiger partial charge in [-0.3, -0.25) is 4.79 Å². The summed E-state index contributed by atoms with van der Waals surface area (Å²) in [7, 11) is 0. The van der Waals surface area contributed by atoms with Gasteiger partial charge in [-0.2, -0.15) is 5.10 Å². The fourth-order valence-electron chi connectivity index (χ4n) is 1.57. The maximum atomic E-state index is 11.5. The van der Waals surface area contributed by atoms with Gasteiger partial charge < -0.3 is 0 Å². The van der Waals surface area contributed by atoms with Gasteiger partial charge in [0.25, 0.3) is 5.91 Å². The highest BCUT2D eigenvalue weighted by Crippen LogP contribution is 2.18. The van der Waals surface area contributed by atoms with Crippen molar-refractivity contribution in [2.24, 2.45) is 15.2 Å². The van der Waals surface area contributed by atoms with Gasteiger partial charge in [0.05, 0.1) is 11.8 Å². The molecule has 3 rings (SSSR count). The van der Waals surface area contributed by atoms with Crippen molar-refractivity contribution in [1.29, 1.82) is 0 Å². The van der Waals surface area contributed by atoms with Crippen molar-refractivity contribution < 1.29 is 4.79 Å². The van der Waals surface area contributed by atoms with Gasteiger partial charge in [0.2, 0.25) is 0 Å². The lowest BCUT2D eigenvalue weighted by Crippen LogP contribution is -2.23. The van der Waals surface area contributed by atoms with Crippen LogP contribution in [0.3, 0.4) is 0 Å². The van der Waals surface area contributed by atoms with E-state index in [1.165, 1.54) is 6.21 Å². The predicted octanol–water partition coefficient (Wildman–Crippen LogP) is 1.07. The minimum atomic E-state index is -0.220.